The van der Waals surface area contributed by atoms with Gasteiger partial charge in [-0.1, -0.05) is 18.2 Å². The van der Waals surface area contributed by atoms with Crippen LogP contribution in [0, 0.1) is 5.92 Å². The molecular weight excluding hydrogens is 235 g/mol. The highest BCUT2D eigenvalue weighted by molar-refractivity contribution is 7.91. The standard InChI is InChI=1S/C10H9FO4S/c11-9-6-3-1-2-4-8(6)16(14,15)5-7(9)10(12)13/h1-4,7,9H,5H2,(H,12,13). The van der Waals surface area contributed by atoms with Crippen molar-refractivity contribution < 1.29 is 22.7 Å². The maximum Gasteiger partial charge on any atom is 0.310 e. The molecule has 0 bridgehead atoms. The van der Waals surface area contributed by atoms with Crippen LogP contribution in [0.25, 0.3) is 0 Å². The number of benzene rings is 1. The van der Waals surface area contributed by atoms with Gasteiger partial charge in [0.2, 0.25) is 0 Å². The van der Waals surface area contributed by atoms with E-state index in [1.165, 1.54) is 24.3 Å². The van der Waals surface area contributed by atoms with Gasteiger partial charge < -0.3 is 5.11 Å². The summed E-state index contributed by atoms with van der Waals surface area (Å²) in [5.41, 5.74) is -0.0545. The topological polar surface area (TPSA) is 71.4 Å². The van der Waals surface area contributed by atoms with Crippen LogP contribution in [-0.4, -0.2) is 25.2 Å². The Hall–Kier alpha value is -1.43. The zero-order valence-corrected chi connectivity index (χ0v) is 8.95. The second-order valence-corrected chi connectivity index (χ2v) is 5.67. The molecule has 0 saturated carbocycles. The van der Waals surface area contributed by atoms with Crippen LogP contribution >= 0.6 is 0 Å². The Labute approximate surface area is 91.6 Å². The van der Waals surface area contributed by atoms with Gasteiger partial charge >= 0.3 is 5.97 Å². The molecule has 0 aliphatic carbocycles. The van der Waals surface area contributed by atoms with E-state index in [1.807, 2.05) is 0 Å². The number of carboxylic acids is 1. The summed E-state index contributed by atoms with van der Waals surface area (Å²) in [5.74, 6) is -3.62. The predicted molar refractivity (Wildman–Crippen MR) is 53.5 cm³/mol. The summed E-state index contributed by atoms with van der Waals surface area (Å²) in [4.78, 5) is 10.7. The fraction of sp³-hybridized carbons (Fsp3) is 0.300. The third kappa shape index (κ3) is 1.59. The van der Waals surface area contributed by atoms with Crippen LogP contribution in [0.2, 0.25) is 0 Å². The molecule has 0 amide bonds. The maximum absolute atomic E-state index is 13.8. The molecule has 0 radical (unpaired) electrons. The smallest absolute Gasteiger partial charge is 0.310 e. The molecular formula is C10H9FO4S. The van der Waals surface area contributed by atoms with Gasteiger partial charge in [0.1, 0.15) is 12.1 Å². The number of carboxylic acid groups (broad SMARTS) is 1. The van der Waals surface area contributed by atoms with Crippen molar-refractivity contribution in [2.45, 2.75) is 11.1 Å². The Bertz CT molecular complexity index is 538. The molecule has 1 N–H and O–H groups in total. The molecule has 2 rings (SSSR count). The Morgan fingerprint density at radius 3 is 2.62 bits per heavy atom. The highest BCUT2D eigenvalue weighted by atomic mass is 32.2. The lowest BCUT2D eigenvalue weighted by Gasteiger charge is -2.25. The number of fused-ring (bicyclic) bond motifs is 1. The van der Waals surface area contributed by atoms with Crippen molar-refractivity contribution in [1.82, 2.24) is 0 Å². The van der Waals surface area contributed by atoms with E-state index in [-0.39, 0.29) is 10.5 Å². The average Bonchev–Trinajstić information content (AvgIpc) is 2.23. The van der Waals surface area contributed by atoms with E-state index >= 15 is 0 Å². The normalized spacial score (nSPS) is 27.1. The van der Waals surface area contributed by atoms with Crippen LogP contribution in [-0.2, 0) is 14.6 Å². The first kappa shape index (κ1) is 11.1. The van der Waals surface area contributed by atoms with Gasteiger partial charge in [-0.2, -0.15) is 0 Å². The lowest BCUT2D eigenvalue weighted by Crippen LogP contribution is -2.33. The van der Waals surface area contributed by atoms with Crippen molar-refractivity contribution in [3.8, 4) is 0 Å². The van der Waals surface area contributed by atoms with Crippen LogP contribution in [0.15, 0.2) is 29.2 Å². The minimum atomic E-state index is -3.69. The molecule has 6 heteroatoms. The third-order valence-electron chi connectivity index (χ3n) is 2.62. The Morgan fingerprint density at radius 1 is 1.38 bits per heavy atom. The summed E-state index contributed by atoms with van der Waals surface area (Å²) in [7, 11) is -3.69. The molecule has 86 valence electrons. The van der Waals surface area contributed by atoms with Crippen molar-refractivity contribution in [1.29, 1.82) is 0 Å². The van der Waals surface area contributed by atoms with E-state index in [9.17, 15) is 17.6 Å². The first-order valence-electron chi connectivity index (χ1n) is 4.62. The minimum absolute atomic E-state index is 0.0545. The SMILES string of the molecule is O=C(O)C1CS(=O)(=O)c2ccccc2C1F. The number of aliphatic carboxylic acids is 1. The molecule has 0 aromatic heterocycles. The van der Waals surface area contributed by atoms with Crippen LogP contribution < -0.4 is 0 Å². The summed E-state index contributed by atoms with van der Waals surface area (Å²) in [6, 6.07) is 5.59. The number of sulfone groups is 1. The molecule has 0 spiro atoms. The highest BCUT2D eigenvalue weighted by Crippen LogP contribution is 2.38. The monoisotopic (exact) mass is 244 g/mol. The molecule has 2 unspecified atom stereocenters. The van der Waals surface area contributed by atoms with Crippen LogP contribution in [0.5, 0.6) is 0 Å². The Morgan fingerprint density at radius 2 is 2.00 bits per heavy atom. The van der Waals surface area contributed by atoms with Gasteiger partial charge in [-0.3, -0.25) is 4.79 Å². The Kier molecular flexibility index (Phi) is 2.46. The summed E-state index contributed by atoms with van der Waals surface area (Å²) in [5, 5.41) is 8.76. The molecule has 1 aliphatic heterocycles. The van der Waals surface area contributed by atoms with Gasteiger partial charge in [0, 0.05) is 5.56 Å². The molecule has 1 aliphatic rings. The van der Waals surface area contributed by atoms with Gasteiger partial charge in [0.25, 0.3) is 0 Å². The predicted octanol–water partition coefficient (Wildman–Crippen LogP) is 1.19. The van der Waals surface area contributed by atoms with E-state index < -0.39 is 33.6 Å². The second kappa shape index (κ2) is 3.55. The average molecular weight is 244 g/mol. The van der Waals surface area contributed by atoms with Gasteiger partial charge in [-0.15, -0.1) is 0 Å². The van der Waals surface area contributed by atoms with Crippen molar-refractivity contribution in [3.63, 3.8) is 0 Å². The molecule has 1 aromatic carbocycles. The molecule has 0 fully saturated rings. The number of rotatable bonds is 1. The zero-order chi connectivity index (χ0) is 11.9. The molecule has 4 nitrogen and oxygen atoms in total. The molecule has 1 aromatic rings. The molecule has 16 heavy (non-hydrogen) atoms. The van der Waals surface area contributed by atoms with Gasteiger partial charge in [-0.25, -0.2) is 12.8 Å². The van der Waals surface area contributed by atoms with Crippen molar-refractivity contribution in [2.24, 2.45) is 5.92 Å². The number of alkyl halides is 1. The lowest BCUT2D eigenvalue weighted by molar-refractivity contribution is -0.143. The van der Waals surface area contributed by atoms with E-state index in [4.69, 9.17) is 5.11 Å². The fourth-order valence-electron chi connectivity index (χ4n) is 1.82. The van der Waals surface area contributed by atoms with Crippen molar-refractivity contribution in [2.75, 3.05) is 5.75 Å². The summed E-state index contributed by atoms with van der Waals surface area (Å²) in [6.45, 7) is 0. The van der Waals surface area contributed by atoms with Gasteiger partial charge in [0.05, 0.1) is 10.6 Å². The molecule has 1 heterocycles. The highest BCUT2D eigenvalue weighted by Gasteiger charge is 2.41. The van der Waals surface area contributed by atoms with Crippen LogP contribution in [0.1, 0.15) is 11.7 Å². The number of hydrogen-bond acceptors (Lipinski definition) is 3. The minimum Gasteiger partial charge on any atom is -0.481 e. The largest absolute Gasteiger partial charge is 0.481 e. The summed E-state index contributed by atoms with van der Waals surface area (Å²) >= 11 is 0. The Balaban J connectivity index is 2.63. The van der Waals surface area contributed by atoms with Crippen molar-refractivity contribution in [3.05, 3.63) is 29.8 Å². The maximum atomic E-state index is 13.8. The number of carbonyl (C=O) groups is 1. The van der Waals surface area contributed by atoms with E-state index in [2.05, 4.69) is 0 Å². The third-order valence-corrected chi connectivity index (χ3v) is 4.46. The fourth-order valence-corrected chi connectivity index (χ4v) is 3.60. The lowest BCUT2D eigenvalue weighted by atomic mass is 9.98. The zero-order valence-electron chi connectivity index (χ0n) is 8.13. The number of hydrogen-bond donors (Lipinski definition) is 1. The van der Waals surface area contributed by atoms with Crippen LogP contribution in [0.3, 0.4) is 0 Å². The number of halogens is 1. The van der Waals surface area contributed by atoms with Gasteiger partial charge in [-0.05, 0) is 6.07 Å². The second-order valence-electron chi connectivity index (χ2n) is 3.67. The summed E-state index contributed by atoms with van der Waals surface area (Å²) < 4.78 is 37.2. The first-order chi connectivity index (χ1) is 7.43. The summed E-state index contributed by atoms with van der Waals surface area (Å²) in [6.07, 6.45) is -1.77. The van der Waals surface area contributed by atoms with E-state index in [0.29, 0.717) is 0 Å². The molecule has 0 saturated heterocycles. The van der Waals surface area contributed by atoms with E-state index in [0.717, 1.165) is 0 Å². The van der Waals surface area contributed by atoms with E-state index in [1.54, 1.807) is 0 Å². The van der Waals surface area contributed by atoms with Crippen LogP contribution in [0.4, 0.5) is 4.39 Å². The van der Waals surface area contributed by atoms with Gasteiger partial charge in [0.15, 0.2) is 9.84 Å². The quantitative estimate of drug-likeness (QED) is 0.805. The first-order valence-corrected chi connectivity index (χ1v) is 6.27. The molecule has 2 atom stereocenters. The van der Waals surface area contributed by atoms with Crippen molar-refractivity contribution >= 4 is 15.8 Å².